The van der Waals surface area contributed by atoms with Crippen LogP contribution in [0, 0.1) is 0 Å². The van der Waals surface area contributed by atoms with Gasteiger partial charge in [-0.05, 0) is 24.3 Å². The minimum absolute atomic E-state index is 0.0522. The normalized spacial score (nSPS) is 11.6. The second kappa shape index (κ2) is 4.91. The summed E-state index contributed by atoms with van der Waals surface area (Å²) in [5, 5.41) is 1.36. The van der Waals surface area contributed by atoms with Gasteiger partial charge in [-0.2, -0.15) is 0 Å². The average Bonchev–Trinajstić information content (AvgIpc) is 2.31. The molecule has 94 valence electrons. The molecule has 18 heavy (non-hydrogen) atoms. The first kappa shape index (κ1) is 13.4. The molecule has 0 aliphatic heterocycles. The van der Waals surface area contributed by atoms with Crippen LogP contribution in [0.25, 0.3) is 11.1 Å². The Morgan fingerprint density at radius 3 is 2.28 bits per heavy atom. The summed E-state index contributed by atoms with van der Waals surface area (Å²) in [5.74, 6) is 0. The van der Waals surface area contributed by atoms with Crippen molar-refractivity contribution in [2.75, 3.05) is 0 Å². The number of nitrogens with zero attached hydrogens (tertiary/aromatic N) is 1. The van der Waals surface area contributed by atoms with E-state index in [1.807, 2.05) is 24.4 Å². The highest BCUT2D eigenvalue weighted by atomic mass is 35.5. The fourth-order valence-electron chi connectivity index (χ4n) is 1.72. The lowest BCUT2D eigenvalue weighted by molar-refractivity contribution is 0.569. The molecule has 1 aromatic heterocycles. The summed E-state index contributed by atoms with van der Waals surface area (Å²) >= 11 is 12.2. The zero-order valence-electron chi connectivity index (χ0n) is 10.7. The number of benzene rings is 1. The monoisotopic (exact) mass is 279 g/mol. The number of halogens is 2. The lowest BCUT2D eigenvalue weighted by Gasteiger charge is -2.17. The van der Waals surface area contributed by atoms with E-state index in [1.54, 1.807) is 12.1 Å². The minimum atomic E-state index is 0.0522. The predicted octanol–water partition coefficient (Wildman–Crippen LogP) is 5.35. The van der Waals surface area contributed by atoms with E-state index in [-0.39, 0.29) is 5.41 Å². The van der Waals surface area contributed by atoms with E-state index < -0.39 is 0 Å². The van der Waals surface area contributed by atoms with Crippen LogP contribution < -0.4 is 0 Å². The summed E-state index contributed by atoms with van der Waals surface area (Å²) < 4.78 is 0. The maximum Gasteiger partial charge on any atom is 0.0486 e. The highest BCUT2D eigenvalue weighted by molar-refractivity contribution is 6.35. The number of hydrogen-bond acceptors (Lipinski definition) is 1. The van der Waals surface area contributed by atoms with Gasteiger partial charge in [-0.25, -0.2) is 0 Å². The summed E-state index contributed by atoms with van der Waals surface area (Å²) in [6.45, 7) is 6.42. The second-order valence-electron chi connectivity index (χ2n) is 5.31. The molecule has 2 aromatic rings. The number of aromatic nitrogens is 1. The standard InChI is InChI=1S/C15H15Cl2N/c1-15(2,3)14-7-4-10(9-18-14)12-8-11(16)5-6-13(12)17/h4-9H,1-3H3. The predicted molar refractivity (Wildman–Crippen MR) is 78.4 cm³/mol. The van der Waals surface area contributed by atoms with Crippen molar-refractivity contribution in [3.63, 3.8) is 0 Å². The molecule has 0 spiro atoms. The molecular weight excluding hydrogens is 265 g/mol. The quantitative estimate of drug-likeness (QED) is 0.685. The first-order chi connectivity index (χ1) is 8.38. The van der Waals surface area contributed by atoms with Gasteiger partial charge in [-0.15, -0.1) is 0 Å². The molecule has 1 nitrogen and oxygen atoms in total. The molecule has 1 heterocycles. The fourth-order valence-corrected chi connectivity index (χ4v) is 2.11. The van der Waals surface area contributed by atoms with E-state index in [0.717, 1.165) is 16.8 Å². The Morgan fingerprint density at radius 1 is 1.00 bits per heavy atom. The van der Waals surface area contributed by atoms with Gasteiger partial charge in [0.15, 0.2) is 0 Å². The molecular formula is C15H15Cl2N. The van der Waals surface area contributed by atoms with Gasteiger partial charge in [0.2, 0.25) is 0 Å². The Kier molecular flexibility index (Phi) is 3.65. The zero-order chi connectivity index (χ0) is 13.3. The van der Waals surface area contributed by atoms with Gasteiger partial charge in [0.25, 0.3) is 0 Å². The lowest BCUT2D eigenvalue weighted by atomic mass is 9.91. The van der Waals surface area contributed by atoms with Crippen LogP contribution in [-0.4, -0.2) is 4.98 Å². The van der Waals surface area contributed by atoms with Gasteiger partial charge in [-0.1, -0.05) is 50.0 Å². The zero-order valence-corrected chi connectivity index (χ0v) is 12.2. The van der Waals surface area contributed by atoms with Crippen molar-refractivity contribution in [3.8, 4) is 11.1 Å². The van der Waals surface area contributed by atoms with E-state index in [4.69, 9.17) is 23.2 Å². The van der Waals surface area contributed by atoms with Crippen molar-refractivity contribution in [1.29, 1.82) is 0 Å². The SMILES string of the molecule is CC(C)(C)c1ccc(-c2cc(Cl)ccc2Cl)cn1. The number of rotatable bonds is 1. The molecule has 0 saturated carbocycles. The van der Waals surface area contributed by atoms with Crippen molar-refractivity contribution in [1.82, 2.24) is 4.98 Å². The molecule has 0 bridgehead atoms. The molecule has 1 aromatic carbocycles. The molecule has 0 N–H and O–H groups in total. The van der Waals surface area contributed by atoms with Crippen LogP contribution in [0.3, 0.4) is 0 Å². The van der Waals surface area contributed by atoms with Crippen molar-refractivity contribution < 1.29 is 0 Å². The van der Waals surface area contributed by atoms with Crippen LogP contribution in [0.4, 0.5) is 0 Å². The summed E-state index contributed by atoms with van der Waals surface area (Å²) in [7, 11) is 0. The topological polar surface area (TPSA) is 12.9 Å². The van der Waals surface area contributed by atoms with Gasteiger partial charge in [-0.3, -0.25) is 4.98 Å². The summed E-state index contributed by atoms with van der Waals surface area (Å²) in [4.78, 5) is 4.50. The van der Waals surface area contributed by atoms with Crippen LogP contribution in [0.1, 0.15) is 26.5 Å². The fraction of sp³-hybridized carbons (Fsp3) is 0.267. The largest absolute Gasteiger partial charge is 0.260 e. The molecule has 0 aliphatic rings. The maximum absolute atomic E-state index is 6.17. The van der Waals surface area contributed by atoms with Crippen LogP contribution in [-0.2, 0) is 5.41 Å². The van der Waals surface area contributed by atoms with E-state index in [2.05, 4.69) is 25.8 Å². The summed E-state index contributed by atoms with van der Waals surface area (Å²) in [5.41, 5.74) is 3.01. The Morgan fingerprint density at radius 2 is 1.72 bits per heavy atom. The maximum atomic E-state index is 6.17. The van der Waals surface area contributed by atoms with Gasteiger partial charge in [0.1, 0.15) is 0 Å². The Bertz CT molecular complexity index is 554. The number of hydrogen-bond donors (Lipinski definition) is 0. The smallest absolute Gasteiger partial charge is 0.0486 e. The van der Waals surface area contributed by atoms with E-state index in [0.29, 0.717) is 10.0 Å². The molecule has 2 rings (SSSR count). The minimum Gasteiger partial charge on any atom is -0.260 e. The average molecular weight is 280 g/mol. The molecule has 0 unspecified atom stereocenters. The first-order valence-electron chi connectivity index (χ1n) is 5.80. The highest BCUT2D eigenvalue weighted by Crippen LogP contribution is 2.31. The molecule has 3 heteroatoms. The Labute approximate surface area is 118 Å². The van der Waals surface area contributed by atoms with E-state index >= 15 is 0 Å². The Hall–Kier alpha value is -1.05. The van der Waals surface area contributed by atoms with Gasteiger partial charge < -0.3 is 0 Å². The highest BCUT2D eigenvalue weighted by Gasteiger charge is 2.15. The van der Waals surface area contributed by atoms with Gasteiger partial charge in [0.05, 0.1) is 0 Å². The van der Waals surface area contributed by atoms with E-state index in [1.165, 1.54) is 0 Å². The lowest BCUT2D eigenvalue weighted by Crippen LogP contribution is -2.12. The van der Waals surface area contributed by atoms with Crippen molar-refractivity contribution in [2.45, 2.75) is 26.2 Å². The molecule has 0 amide bonds. The number of pyridine rings is 1. The Balaban J connectivity index is 2.43. The molecule has 0 fully saturated rings. The third kappa shape index (κ3) is 2.85. The van der Waals surface area contributed by atoms with Crippen LogP contribution in [0.2, 0.25) is 10.0 Å². The van der Waals surface area contributed by atoms with Gasteiger partial charge in [0, 0.05) is 38.5 Å². The summed E-state index contributed by atoms with van der Waals surface area (Å²) in [6, 6.07) is 9.51. The van der Waals surface area contributed by atoms with Crippen molar-refractivity contribution in [2.24, 2.45) is 0 Å². The van der Waals surface area contributed by atoms with E-state index in [9.17, 15) is 0 Å². The first-order valence-corrected chi connectivity index (χ1v) is 6.55. The molecule has 0 radical (unpaired) electrons. The molecule has 0 saturated heterocycles. The van der Waals surface area contributed by atoms with Crippen LogP contribution in [0.15, 0.2) is 36.5 Å². The van der Waals surface area contributed by atoms with Crippen LogP contribution in [0.5, 0.6) is 0 Å². The van der Waals surface area contributed by atoms with Crippen LogP contribution >= 0.6 is 23.2 Å². The second-order valence-corrected chi connectivity index (χ2v) is 6.15. The van der Waals surface area contributed by atoms with Crippen molar-refractivity contribution in [3.05, 3.63) is 52.3 Å². The third-order valence-electron chi connectivity index (χ3n) is 2.77. The third-order valence-corrected chi connectivity index (χ3v) is 3.34. The molecule has 0 atom stereocenters. The van der Waals surface area contributed by atoms with Crippen molar-refractivity contribution >= 4 is 23.2 Å². The molecule has 0 aliphatic carbocycles. The van der Waals surface area contributed by atoms with Gasteiger partial charge >= 0.3 is 0 Å². The summed E-state index contributed by atoms with van der Waals surface area (Å²) in [6.07, 6.45) is 1.85.